The smallest absolute Gasteiger partial charge is 0.226 e. The highest BCUT2D eigenvalue weighted by Crippen LogP contribution is 2.36. The molecule has 4 rings (SSSR count). The topological polar surface area (TPSA) is 51.7 Å². The van der Waals surface area contributed by atoms with Crippen molar-refractivity contribution in [2.24, 2.45) is 0 Å². The molecule has 0 radical (unpaired) electrons. The molecular formula is C24H24N2O3S. The highest BCUT2D eigenvalue weighted by molar-refractivity contribution is 7.99. The molecule has 3 aromatic rings. The molecule has 1 unspecified atom stereocenters. The molecule has 2 aromatic carbocycles. The summed E-state index contributed by atoms with van der Waals surface area (Å²) in [5.74, 6) is 0.896. The third-order valence-electron chi connectivity index (χ3n) is 5.02. The monoisotopic (exact) mass is 420 g/mol. The fourth-order valence-electron chi connectivity index (χ4n) is 3.44. The highest BCUT2D eigenvalue weighted by atomic mass is 32.2. The number of nitrogens with zero attached hydrogens (tertiary/aromatic N) is 2. The maximum absolute atomic E-state index is 12.9. The SMILES string of the molecule is COc1ccc(CN2C(=O)C[C@@H](OCc3ccccc3)C2Sc2ccccn2)cc1. The van der Waals surface area contributed by atoms with Crippen LogP contribution in [0, 0.1) is 0 Å². The Bertz CT molecular complexity index is 951. The lowest BCUT2D eigenvalue weighted by Gasteiger charge is -2.27. The van der Waals surface area contributed by atoms with Gasteiger partial charge in [0.05, 0.1) is 31.3 Å². The van der Waals surface area contributed by atoms with Crippen molar-refractivity contribution in [3.05, 3.63) is 90.1 Å². The number of aromatic nitrogens is 1. The van der Waals surface area contributed by atoms with Gasteiger partial charge in [0.25, 0.3) is 0 Å². The Morgan fingerprint density at radius 1 is 1.00 bits per heavy atom. The Morgan fingerprint density at radius 2 is 1.77 bits per heavy atom. The van der Waals surface area contributed by atoms with E-state index in [4.69, 9.17) is 9.47 Å². The van der Waals surface area contributed by atoms with Gasteiger partial charge < -0.3 is 14.4 Å². The normalized spacial score (nSPS) is 18.6. The molecule has 0 saturated carbocycles. The van der Waals surface area contributed by atoms with Crippen molar-refractivity contribution in [3.8, 4) is 5.75 Å². The highest BCUT2D eigenvalue weighted by Gasteiger charge is 2.41. The van der Waals surface area contributed by atoms with E-state index in [0.717, 1.165) is 21.9 Å². The molecule has 1 saturated heterocycles. The molecule has 5 nitrogen and oxygen atoms in total. The zero-order valence-corrected chi connectivity index (χ0v) is 17.6. The Hall–Kier alpha value is -2.83. The molecule has 2 heterocycles. The van der Waals surface area contributed by atoms with Gasteiger partial charge >= 0.3 is 0 Å². The van der Waals surface area contributed by atoms with Crippen molar-refractivity contribution < 1.29 is 14.3 Å². The maximum atomic E-state index is 12.9. The van der Waals surface area contributed by atoms with Gasteiger partial charge in [-0.1, -0.05) is 60.3 Å². The predicted octanol–water partition coefficient (Wildman–Crippen LogP) is 4.53. The van der Waals surface area contributed by atoms with Crippen molar-refractivity contribution in [1.29, 1.82) is 0 Å². The lowest BCUT2D eigenvalue weighted by molar-refractivity contribution is -0.128. The van der Waals surface area contributed by atoms with Crippen LogP contribution in [0.2, 0.25) is 0 Å². The van der Waals surface area contributed by atoms with E-state index in [1.54, 1.807) is 25.1 Å². The molecule has 0 N–H and O–H groups in total. The van der Waals surface area contributed by atoms with Crippen molar-refractivity contribution in [2.45, 2.75) is 36.1 Å². The second-order valence-electron chi connectivity index (χ2n) is 7.09. The molecular weight excluding hydrogens is 396 g/mol. The van der Waals surface area contributed by atoms with Crippen LogP contribution in [-0.2, 0) is 22.7 Å². The summed E-state index contributed by atoms with van der Waals surface area (Å²) in [6, 6.07) is 23.7. The summed E-state index contributed by atoms with van der Waals surface area (Å²) in [6.07, 6.45) is 1.93. The zero-order chi connectivity index (χ0) is 20.8. The summed E-state index contributed by atoms with van der Waals surface area (Å²) in [5, 5.41) is 0.739. The molecule has 1 aliphatic heterocycles. The second-order valence-corrected chi connectivity index (χ2v) is 8.22. The molecule has 0 aliphatic carbocycles. The van der Waals surface area contributed by atoms with Crippen LogP contribution in [0.15, 0.2) is 84.0 Å². The van der Waals surface area contributed by atoms with Crippen LogP contribution in [-0.4, -0.2) is 34.4 Å². The first-order chi connectivity index (χ1) is 14.7. The summed E-state index contributed by atoms with van der Waals surface area (Å²) in [5.41, 5.74) is 2.15. The third-order valence-corrected chi connectivity index (χ3v) is 6.30. The van der Waals surface area contributed by atoms with Crippen LogP contribution in [0.3, 0.4) is 0 Å². The van der Waals surface area contributed by atoms with Crippen molar-refractivity contribution in [3.63, 3.8) is 0 Å². The lowest BCUT2D eigenvalue weighted by atomic mass is 10.2. The van der Waals surface area contributed by atoms with Gasteiger partial charge in [-0.25, -0.2) is 4.98 Å². The minimum atomic E-state index is -0.206. The van der Waals surface area contributed by atoms with E-state index in [9.17, 15) is 4.79 Å². The number of likely N-dealkylation sites (tertiary alicyclic amines) is 1. The predicted molar refractivity (Wildman–Crippen MR) is 117 cm³/mol. The number of carbonyl (C=O) groups is 1. The van der Waals surface area contributed by atoms with Crippen molar-refractivity contribution >= 4 is 17.7 Å². The minimum Gasteiger partial charge on any atom is -0.497 e. The van der Waals surface area contributed by atoms with Gasteiger partial charge in [-0.15, -0.1) is 0 Å². The van der Waals surface area contributed by atoms with E-state index >= 15 is 0 Å². The molecule has 2 atom stereocenters. The Kier molecular flexibility index (Phi) is 6.67. The summed E-state index contributed by atoms with van der Waals surface area (Å²) >= 11 is 1.58. The number of thioether (sulfide) groups is 1. The van der Waals surface area contributed by atoms with E-state index in [0.29, 0.717) is 19.6 Å². The van der Waals surface area contributed by atoms with E-state index in [-0.39, 0.29) is 17.4 Å². The Balaban J connectivity index is 1.52. The summed E-state index contributed by atoms with van der Waals surface area (Å²) in [6.45, 7) is 1.01. The number of methoxy groups -OCH3 is 1. The quantitative estimate of drug-likeness (QED) is 0.536. The van der Waals surface area contributed by atoms with Gasteiger partial charge in [0.1, 0.15) is 11.1 Å². The molecule has 30 heavy (non-hydrogen) atoms. The maximum Gasteiger partial charge on any atom is 0.226 e. The molecule has 1 fully saturated rings. The number of hydrogen-bond acceptors (Lipinski definition) is 5. The van der Waals surface area contributed by atoms with E-state index in [2.05, 4.69) is 4.98 Å². The number of pyridine rings is 1. The largest absolute Gasteiger partial charge is 0.497 e. The van der Waals surface area contributed by atoms with Gasteiger partial charge in [-0.3, -0.25) is 4.79 Å². The van der Waals surface area contributed by atoms with Crippen molar-refractivity contribution in [2.75, 3.05) is 7.11 Å². The van der Waals surface area contributed by atoms with Gasteiger partial charge in [0.2, 0.25) is 5.91 Å². The standard InChI is InChI=1S/C24H24N2O3S/c1-28-20-12-10-18(11-13-20)16-26-23(27)15-21(29-17-19-7-3-2-4-8-19)24(26)30-22-9-5-6-14-25-22/h2-14,21,24H,15-17H2,1H3/t21-,24?/m1/s1. The molecule has 154 valence electrons. The molecule has 1 aliphatic rings. The molecule has 1 amide bonds. The first-order valence-corrected chi connectivity index (χ1v) is 10.8. The fraction of sp³-hybridized carbons (Fsp3) is 0.250. The van der Waals surface area contributed by atoms with Crippen LogP contribution in [0.1, 0.15) is 17.5 Å². The second kappa shape index (κ2) is 9.78. The lowest BCUT2D eigenvalue weighted by Crippen LogP contribution is -2.35. The number of carbonyl (C=O) groups excluding carboxylic acids is 1. The molecule has 0 bridgehead atoms. The van der Waals surface area contributed by atoms with Crippen LogP contribution >= 0.6 is 11.8 Å². The van der Waals surface area contributed by atoms with Crippen LogP contribution in [0.4, 0.5) is 0 Å². The van der Waals surface area contributed by atoms with Gasteiger partial charge in [-0.2, -0.15) is 0 Å². The van der Waals surface area contributed by atoms with Crippen LogP contribution in [0.5, 0.6) is 5.75 Å². The summed E-state index contributed by atoms with van der Waals surface area (Å²) in [4.78, 5) is 19.2. The number of ether oxygens (including phenoxy) is 2. The van der Waals surface area contributed by atoms with E-state index in [1.165, 1.54) is 0 Å². The Labute approximate surface area is 181 Å². The van der Waals surface area contributed by atoms with Crippen molar-refractivity contribution in [1.82, 2.24) is 9.88 Å². The van der Waals surface area contributed by atoms with Crippen LogP contribution < -0.4 is 4.74 Å². The van der Waals surface area contributed by atoms with Gasteiger partial charge in [-0.05, 0) is 35.4 Å². The summed E-state index contributed by atoms with van der Waals surface area (Å²) in [7, 11) is 1.65. The molecule has 1 aromatic heterocycles. The first-order valence-electron chi connectivity index (χ1n) is 9.88. The third kappa shape index (κ3) is 5.01. The summed E-state index contributed by atoms with van der Waals surface area (Å²) < 4.78 is 11.5. The van der Waals surface area contributed by atoms with E-state index < -0.39 is 0 Å². The minimum absolute atomic E-state index is 0.0947. The fourth-order valence-corrected chi connectivity index (χ4v) is 4.61. The molecule has 0 spiro atoms. The number of hydrogen-bond donors (Lipinski definition) is 0. The Morgan fingerprint density at radius 3 is 2.47 bits per heavy atom. The molecule has 6 heteroatoms. The van der Waals surface area contributed by atoms with E-state index in [1.807, 2.05) is 77.7 Å². The zero-order valence-electron chi connectivity index (χ0n) is 16.8. The average molecular weight is 421 g/mol. The van der Waals surface area contributed by atoms with Gasteiger partial charge in [0.15, 0.2) is 0 Å². The van der Waals surface area contributed by atoms with Gasteiger partial charge in [0, 0.05) is 12.7 Å². The average Bonchev–Trinajstić information content (AvgIpc) is 3.08. The van der Waals surface area contributed by atoms with Crippen LogP contribution in [0.25, 0.3) is 0 Å². The number of amides is 1. The number of rotatable bonds is 8. The number of benzene rings is 2. The first kappa shape index (κ1) is 20.4.